The van der Waals surface area contributed by atoms with Crippen LogP contribution in [0.3, 0.4) is 0 Å². The monoisotopic (exact) mass is 316 g/mol. The topological polar surface area (TPSA) is 108 Å². The number of rotatable bonds is 4. The van der Waals surface area contributed by atoms with Gasteiger partial charge in [-0.1, -0.05) is 0 Å². The van der Waals surface area contributed by atoms with Gasteiger partial charge in [-0.15, -0.1) is 0 Å². The molecule has 0 spiro atoms. The van der Waals surface area contributed by atoms with Crippen molar-refractivity contribution in [3.05, 3.63) is 6.20 Å². The molecule has 0 unspecified atom stereocenters. The average molecular weight is 316 g/mol. The maximum absolute atomic E-state index is 12.6. The largest absolute Gasteiger partial charge is 0.469 e. The second kappa shape index (κ2) is 6.02. The van der Waals surface area contributed by atoms with Crippen LogP contribution in [0, 0.1) is 5.92 Å². The Morgan fingerprint density at radius 3 is 2.57 bits per heavy atom. The molecule has 1 aliphatic rings. The fourth-order valence-corrected chi connectivity index (χ4v) is 3.95. The first-order chi connectivity index (χ1) is 9.90. The van der Waals surface area contributed by atoms with Crippen LogP contribution in [0.4, 0.5) is 5.82 Å². The standard InChI is InChI=1S/C12H20N4O4S/c1-3-15-8-10(11(13)14-15)21(18,19)16-6-4-9(5-7-16)12(17)20-2/h8-9H,3-7H2,1-2H3,(H2,13,14). The second-order valence-electron chi connectivity index (χ2n) is 4.94. The smallest absolute Gasteiger partial charge is 0.308 e. The lowest BCUT2D eigenvalue weighted by Crippen LogP contribution is -2.40. The van der Waals surface area contributed by atoms with E-state index in [-0.39, 0.29) is 35.7 Å². The van der Waals surface area contributed by atoms with Gasteiger partial charge in [0.25, 0.3) is 0 Å². The van der Waals surface area contributed by atoms with E-state index in [1.165, 1.54) is 22.3 Å². The fourth-order valence-electron chi connectivity index (χ4n) is 2.42. The van der Waals surface area contributed by atoms with E-state index in [0.717, 1.165) is 0 Å². The van der Waals surface area contributed by atoms with Crippen LogP contribution >= 0.6 is 0 Å². The van der Waals surface area contributed by atoms with Gasteiger partial charge in [0.15, 0.2) is 5.82 Å². The number of carbonyl (C=O) groups is 1. The van der Waals surface area contributed by atoms with Gasteiger partial charge in [-0.05, 0) is 19.8 Å². The molecule has 1 saturated heterocycles. The van der Waals surface area contributed by atoms with Crippen molar-refractivity contribution < 1.29 is 17.9 Å². The van der Waals surface area contributed by atoms with Crippen molar-refractivity contribution in [2.45, 2.75) is 31.2 Å². The summed E-state index contributed by atoms with van der Waals surface area (Å²) in [7, 11) is -2.33. The zero-order chi connectivity index (χ0) is 15.6. The van der Waals surface area contributed by atoms with Gasteiger partial charge in [-0.25, -0.2) is 8.42 Å². The number of piperidine rings is 1. The molecule has 1 fully saturated rings. The van der Waals surface area contributed by atoms with Crippen LogP contribution in [0.25, 0.3) is 0 Å². The van der Waals surface area contributed by atoms with Gasteiger partial charge in [0.1, 0.15) is 4.90 Å². The Labute approximate surface area is 123 Å². The minimum absolute atomic E-state index is 0.00643. The van der Waals surface area contributed by atoms with Crippen molar-refractivity contribution in [1.29, 1.82) is 0 Å². The number of anilines is 1. The average Bonchev–Trinajstić information content (AvgIpc) is 2.88. The van der Waals surface area contributed by atoms with E-state index in [4.69, 9.17) is 10.5 Å². The van der Waals surface area contributed by atoms with Gasteiger partial charge in [-0.3, -0.25) is 9.48 Å². The molecule has 0 saturated carbocycles. The first-order valence-electron chi connectivity index (χ1n) is 6.81. The summed E-state index contributed by atoms with van der Waals surface area (Å²) < 4.78 is 32.6. The van der Waals surface area contributed by atoms with E-state index in [0.29, 0.717) is 19.4 Å². The molecule has 9 heteroatoms. The van der Waals surface area contributed by atoms with Gasteiger partial charge in [0.2, 0.25) is 10.0 Å². The third-order valence-electron chi connectivity index (χ3n) is 3.69. The van der Waals surface area contributed by atoms with E-state index in [2.05, 4.69) is 5.10 Å². The van der Waals surface area contributed by atoms with Crippen LogP contribution in [0.15, 0.2) is 11.1 Å². The number of esters is 1. The Kier molecular flexibility index (Phi) is 4.52. The number of hydrogen-bond acceptors (Lipinski definition) is 6. The van der Waals surface area contributed by atoms with E-state index in [9.17, 15) is 13.2 Å². The molecular weight excluding hydrogens is 296 g/mol. The number of aromatic nitrogens is 2. The Balaban J connectivity index is 2.14. The molecule has 8 nitrogen and oxygen atoms in total. The molecule has 0 aromatic carbocycles. The van der Waals surface area contributed by atoms with Crippen LogP contribution in [-0.2, 0) is 26.1 Å². The lowest BCUT2D eigenvalue weighted by Gasteiger charge is -2.29. The van der Waals surface area contributed by atoms with Gasteiger partial charge < -0.3 is 10.5 Å². The molecule has 1 aliphatic heterocycles. The molecule has 2 N–H and O–H groups in total. The van der Waals surface area contributed by atoms with Gasteiger partial charge in [0.05, 0.1) is 13.0 Å². The predicted octanol–water partition coefficient (Wildman–Crippen LogP) is 0.0589. The lowest BCUT2D eigenvalue weighted by atomic mass is 9.99. The van der Waals surface area contributed by atoms with E-state index >= 15 is 0 Å². The summed E-state index contributed by atoms with van der Waals surface area (Å²) in [6.07, 6.45) is 2.35. The first-order valence-corrected chi connectivity index (χ1v) is 8.25. The molecule has 1 aromatic heterocycles. The molecule has 0 aliphatic carbocycles. The third kappa shape index (κ3) is 3.03. The van der Waals surface area contributed by atoms with Crippen LogP contribution in [-0.4, -0.2) is 48.7 Å². The highest BCUT2D eigenvalue weighted by Gasteiger charge is 2.34. The number of ether oxygens (including phenoxy) is 1. The van der Waals surface area contributed by atoms with E-state index < -0.39 is 10.0 Å². The molecule has 2 heterocycles. The van der Waals surface area contributed by atoms with E-state index in [1.807, 2.05) is 6.92 Å². The van der Waals surface area contributed by atoms with Crippen LogP contribution in [0.1, 0.15) is 19.8 Å². The van der Waals surface area contributed by atoms with Crippen molar-refractivity contribution in [1.82, 2.24) is 14.1 Å². The Hall–Kier alpha value is -1.61. The molecule has 0 bridgehead atoms. The maximum atomic E-state index is 12.6. The number of methoxy groups -OCH3 is 1. The molecular formula is C12H20N4O4S. The summed E-state index contributed by atoms with van der Waals surface area (Å²) in [5.41, 5.74) is 5.69. The number of sulfonamides is 1. The molecule has 0 amide bonds. The maximum Gasteiger partial charge on any atom is 0.308 e. The van der Waals surface area contributed by atoms with Crippen molar-refractivity contribution >= 4 is 21.8 Å². The number of hydrogen-bond donors (Lipinski definition) is 1. The third-order valence-corrected chi connectivity index (χ3v) is 5.60. The summed E-state index contributed by atoms with van der Waals surface area (Å²) in [5, 5.41) is 3.96. The molecule has 21 heavy (non-hydrogen) atoms. The Morgan fingerprint density at radius 2 is 2.10 bits per heavy atom. The number of aryl methyl sites for hydroxylation is 1. The van der Waals surface area contributed by atoms with Crippen LogP contribution in [0.2, 0.25) is 0 Å². The summed E-state index contributed by atoms with van der Waals surface area (Å²) >= 11 is 0. The number of nitrogen functional groups attached to an aromatic ring is 1. The summed E-state index contributed by atoms with van der Waals surface area (Å²) in [5.74, 6) is -0.519. The minimum atomic E-state index is -3.66. The van der Waals surface area contributed by atoms with Crippen LogP contribution in [0.5, 0.6) is 0 Å². The number of nitrogens with zero attached hydrogens (tertiary/aromatic N) is 3. The van der Waals surface area contributed by atoms with Crippen molar-refractivity contribution in [3.8, 4) is 0 Å². The quantitative estimate of drug-likeness (QED) is 0.787. The zero-order valence-electron chi connectivity index (χ0n) is 12.2. The second-order valence-corrected chi connectivity index (χ2v) is 6.84. The summed E-state index contributed by atoms with van der Waals surface area (Å²) in [4.78, 5) is 11.5. The highest BCUT2D eigenvalue weighted by molar-refractivity contribution is 7.89. The molecule has 0 atom stereocenters. The van der Waals surface area contributed by atoms with Crippen molar-refractivity contribution in [2.24, 2.45) is 5.92 Å². The first kappa shape index (κ1) is 15.8. The number of nitrogens with two attached hydrogens (primary N) is 1. The Morgan fingerprint density at radius 1 is 1.48 bits per heavy atom. The molecule has 0 radical (unpaired) electrons. The predicted molar refractivity (Wildman–Crippen MR) is 75.8 cm³/mol. The SMILES string of the molecule is CCn1cc(S(=O)(=O)N2CCC(C(=O)OC)CC2)c(N)n1. The zero-order valence-corrected chi connectivity index (χ0v) is 13.0. The number of carbonyl (C=O) groups excluding carboxylic acids is 1. The summed E-state index contributed by atoms with van der Waals surface area (Å²) in [6, 6.07) is 0. The highest BCUT2D eigenvalue weighted by Crippen LogP contribution is 2.26. The minimum Gasteiger partial charge on any atom is -0.469 e. The van der Waals surface area contributed by atoms with Gasteiger partial charge in [-0.2, -0.15) is 9.40 Å². The normalized spacial score (nSPS) is 17.8. The Bertz CT molecular complexity index is 617. The molecule has 118 valence electrons. The lowest BCUT2D eigenvalue weighted by molar-refractivity contribution is -0.146. The highest BCUT2D eigenvalue weighted by atomic mass is 32.2. The van der Waals surface area contributed by atoms with Gasteiger partial charge >= 0.3 is 5.97 Å². The van der Waals surface area contributed by atoms with Crippen molar-refractivity contribution in [2.75, 3.05) is 25.9 Å². The fraction of sp³-hybridized carbons (Fsp3) is 0.667. The van der Waals surface area contributed by atoms with Crippen LogP contribution < -0.4 is 5.73 Å². The molecule has 1 aromatic rings. The van der Waals surface area contributed by atoms with Gasteiger partial charge in [0, 0.05) is 25.8 Å². The van der Waals surface area contributed by atoms with Crippen molar-refractivity contribution in [3.63, 3.8) is 0 Å². The van der Waals surface area contributed by atoms with E-state index in [1.54, 1.807) is 0 Å². The molecule has 2 rings (SSSR count). The summed E-state index contributed by atoms with van der Waals surface area (Å²) in [6.45, 7) is 2.95.